The zero-order valence-electron chi connectivity index (χ0n) is 18.4. The Morgan fingerprint density at radius 3 is 2.56 bits per heavy atom. The molecule has 0 N–H and O–H groups in total. The Labute approximate surface area is 194 Å². The maximum Gasteiger partial charge on any atom is 0.180 e. The molecule has 0 amide bonds. The summed E-state index contributed by atoms with van der Waals surface area (Å²) in [4.78, 5) is 6.91. The number of methoxy groups -OCH3 is 1. The minimum Gasteiger partial charge on any atom is -0.493 e. The fourth-order valence-electron chi connectivity index (χ4n) is 3.63. The molecule has 32 heavy (non-hydrogen) atoms. The molecule has 1 saturated heterocycles. The van der Waals surface area contributed by atoms with Crippen molar-refractivity contribution in [2.45, 2.75) is 13.5 Å². The van der Waals surface area contributed by atoms with Crippen molar-refractivity contribution in [3.05, 3.63) is 82.4 Å². The second-order valence-electron chi connectivity index (χ2n) is 7.69. The average Bonchev–Trinajstić information content (AvgIpc) is 2.82. The first-order valence-corrected chi connectivity index (χ1v) is 11.0. The minimum absolute atomic E-state index is 0.417. The largest absolute Gasteiger partial charge is 0.493 e. The highest BCUT2D eigenvalue weighted by Crippen LogP contribution is 2.36. The molecule has 1 aliphatic heterocycles. The van der Waals surface area contributed by atoms with Crippen LogP contribution in [0.5, 0.6) is 11.5 Å². The third-order valence-corrected chi connectivity index (χ3v) is 5.59. The Bertz CT molecular complexity index is 1080. The molecule has 0 unspecified atom stereocenters. The summed E-state index contributed by atoms with van der Waals surface area (Å²) in [6.45, 7) is 5.85. The lowest BCUT2D eigenvalue weighted by Gasteiger charge is -2.28. The summed E-state index contributed by atoms with van der Waals surface area (Å²) >= 11 is 6.52. The summed E-state index contributed by atoms with van der Waals surface area (Å²) in [6, 6.07) is 20.1. The molecule has 1 heterocycles. The van der Waals surface area contributed by atoms with Crippen molar-refractivity contribution in [3.63, 3.8) is 0 Å². The standard InChI is InChI=1S/C26H27ClN2O3/c1-19-4-3-5-20(14-19)18-32-26-24(27)15-21(16-25(26)30-2)17-28-22-6-8-23(9-7-22)29-10-12-31-13-11-29/h3-9,14-17H,10-13,18H2,1-2H3. The Balaban J connectivity index is 1.45. The number of aliphatic imine (C=N–C) groups is 1. The number of ether oxygens (including phenoxy) is 3. The van der Waals surface area contributed by atoms with Gasteiger partial charge in [-0.1, -0.05) is 41.4 Å². The lowest BCUT2D eigenvalue weighted by Crippen LogP contribution is -2.36. The quantitative estimate of drug-likeness (QED) is 0.425. The summed E-state index contributed by atoms with van der Waals surface area (Å²) in [5, 5.41) is 0.487. The lowest BCUT2D eigenvalue weighted by atomic mass is 10.1. The molecule has 4 rings (SSSR count). The van der Waals surface area contributed by atoms with E-state index in [2.05, 4.69) is 41.1 Å². The van der Waals surface area contributed by atoms with E-state index in [1.54, 1.807) is 13.3 Å². The van der Waals surface area contributed by atoms with Gasteiger partial charge in [-0.05, 0) is 54.4 Å². The molecule has 6 heteroatoms. The zero-order valence-corrected chi connectivity index (χ0v) is 19.1. The monoisotopic (exact) mass is 450 g/mol. The molecule has 0 saturated carbocycles. The summed E-state index contributed by atoms with van der Waals surface area (Å²) in [5.41, 5.74) is 5.17. The van der Waals surface area contributed by atoms with E-state index in [0.29, 0.717) is 23.1 Å². The fourth-order valence-corrected chi connectivity index (χ4v) is 3.91. The summed E-state index contributed by atoms with van der Waals surface area (Å²) in [6.07, 6.45) is 1.78. The van der Waals surface area contributed by atoms with Gasteiger partial charge >= 0.3 is 0 Å². The van der Waals surface area contributed by atoms with Gasteiger partial charge in [-0.3, -0.25) is 4.99 Å². The maximum atomic E-state index is 6.52. The molecule has 5 nitrogen and oxygen atoms in total. The number of rotatable bonds is 7. The van der Waals surface area contributed by atoms with Crippen LogP contribution in [0.3, 0.4) is 0 Å². The highest BCUT2D eigenvalue weighted by atomic mass is 35.5. The molecule has 0 aromatic heterocycles. The molecule has 0 bridgehead atoms. The molecule has 0 radical (unpaired) electrons. The first-order valence-electron chi connectivity index (χ1n) is 10.6. The van der Waals surface area contributed by atoms with Crippen molar-refractivity contribution in [2.24, 2.45) is 4.99 Å². The van der Waals surface area contributed by atoms with E-state index >= 15 is 0 Å². The molecule has 1 fully saturated rings. The van der Waals surface area contributed by atoms with Crippen molar-refractivity contribution >= 4 is 29.2 Å². The molecule has 0 spiro atoms. The fraction of sp³-hybridized carbons (Fsp3) is 0.269. The van der Waals surface area contributed by atoms with E-state index < -0.39 is 0 Å². The number of hydrogen-bond acceptors (Lipinski definition) is 5. The Kier molecular flexibility index (Phi) is 7.30. The lowest BCUT2D eigenvalue weighted by molar-refractivity contribution is 0.122. The van der Waals surface area contributed by atoms with Crippen LogP contribution in [0.15, 0.2) is 65.7 Å². The Morgan fingerprint density at radius 2 is 1.84 bits per heavy atom. The number of nitrogens with zero attached hydrogens (tertiary/aromatic N) is 2. The second-order valence-corrected chi connectivity index (χ2v) is 8.09. The van der Waals surface area contributed by atoms with Crippen LogP contribution in [0.2, 0.25) is 5.02 Å². The number of hydrogen-bond donors (Lipinski definition) is 0. The molecular formula is C26H27ClN2O3. The smallest absolute Gasteiger partial charge is 0.180 e. The SMILES string of the molecule is COc1cc(C=Nc2ccc(N3CCOCC3)cc2)cc(Cl)c1OCc1cccc(C)c1. The normalized spacial score (nSPS) is 14.0. The number of anilines is 1. The molecule has 166 valence electrons. The topological polar surface area (TPSA) is 43.3 Å². The number of morpholine rings is 1. The highest BCUT2D eigenvalue weighted by molar-refractivity contribution is 6.32. The van der Waals surface area contributed by atoms with E-state index in [1.165, 1.54) is 11.3 Å². The summed E-state index contributed by atoms with van der Waals surface area (Å²) in [7, 11) is 1.61. The van der Waals surface area contributed by atoms with Crippen LogP contribution in [0.4, 0.5) is 11.4 Å². The molecular weight excluding hydrogens is 424 g/mol. The maximum absolute atomic E-state index is 6.52. The molecule has 3 aromatic carbocycles. The van der Waals surface area contributed by atoms with E-state index in [9.17, 15) is 0 Å². The van der Waals surface area contributed by atoms with Gasteiger partial charge in [-0.2, -0.15) is 0 Å². The van der Waals surface area contributed by atoms with E-state index in [4.69, 9.17) is 25.8 Å². The molecule has 0 aliphatic carbocycles. The highest BCUT2D eigenvalue weighted by Gasteiger charge is 2.13. The van der Waals surface area contributed by atoms with Crippen LogP contribution in [-0.2, 0) is 11.3 Å². The van der Waals surface area contributed by atoms with Crippen molar-refractivity contribution in [1.82, 2.24) is 0 Å². The van der Waals surface area contributed by atoms with Crippen LogP contribution in [0, 0.1) is 6.92 Å². The average molecular weight is 451 g/mol. The first kappa shape index (κ1) is 22.2. The van der Waals surface area contributed by atoms with Crippen LogP contribution < -0.4 is 14.4 Å². The van der Waals surface area contributed by atoms with Crippen molar-refractivity contribution in [1.29, 1.82) is 0 Å². The van der Waals surface area contributed by atoms with Crippen molar-refractivity contribution in [3.8, 4) is 11.5 Å². The van der Waals surface area contributed by atoms with Gasteiger partial charge in [0.1, 0.15) is 6.61 Å². The van der Waals surface area contributed by atoms with Gasteiger partial charge in [0.15, 0.2) is 11.5 Å². The number of halogens is 1. The van der Waals surface area contributed by atoms with Gasteiger partial charge in [0.2, 0.25) is 0 Å². The number of benzene rings is 3. The summed E-state index contributed by atoms with van der Waals surface area (Å²) in [5.74, 6) is 1.11. The molecule has 3 aromatic rings. The summed E-state index contributed by atoms with van der Waals surface area (Å²) < 4.78 is 16.9. The predicted molar refractivity (Wildman–Crippen MR) is 130 cm³/mol. The van der Waals surface area contributed by atoms with Crippen LogP contribution in [0.25, 0.3) is 0 Å². The molecule has 1 aliphatic rings. The van der Waals surface area contributed by atoms with Crippen molar-refractivity contribution in [2.75, 3.05) is 38.3 Å². The predicted octanol–water partition coefficient (Wildman–Crippen LogP) is 5.82. The minimum atomic E-state index is 0.417. The van der Waals surface area contributed by atoms with Gasteiger partial charge in [-0.15, -0.1) is 0 Å². The molecule has 0 atom stereocenters. The van der Waals surface area contributed by atoms with Gasteiger partial charge < -0.3 is 19.1 Å². The zero-order chi connectivity index (χ0) is 22.3. The first-order chi connectivity index (χ1) is 15.6. The van der Waals surface area contributed by atoms with Crippen LogP contribution in [-0.4, -0.2) is 39.6 Å². The Hall–Kier alpha value is -3.02. The van der Waals surface area contributed by atoms with Gasteiger partial charge in [0.25, 0.3) is 0 Å². The van der Waals surface area contributed by atoms with Gasteiger partial charge in [-0.25, -0.2) is 0 Å². The third-order valence-electron chi connectivity index (χ3n) is 5.31. The van der Waals surface area contributed by atoms with Crippen LogP contribution in [0.1, 0.15) is 16.7 Å². The van der Waals surface area contributed by atoms with Crippen LogP contribution >= 0.6 is 11.6 Å². The third kappa shape index (κ3) is 5.61. The van der Waals surface area contributed by atoms with E-state index in [1.807, 2.05) is 36.4 Å². The van der Waals surface area contributed by atoms with E-state index in [0.717, 1.165) is 43.1 Å². The van der Waals surface area contributed by atoms with Gasteiger partial charge in [0.05, 0.1) is 31.0 Å². The van der Waals surface area contributed by atoms with Crippen molar-refractivity contribution < 1.29 is 14.2 Å². The van der Waals surface area contributed by atoms with E-state index in [-0.39, 0.29) is 0 Å². The second kappa shape index (κ2) is 10.5. The number of aryl methyl sites for hydroxylation is 1. The van der Waals surface area contributed by atoms with Gasteiger partial charge in [0, 0.05) is 25.0 Å². The Morgan fingerprint density at radius 1 is 1.06 bits per heavy atom.